The molecule has 0 bridgehead atoms. The highest BCUT2D eigenvalue weighted by molar-refractivity contribution is 5.32. The summed E-state index contributed by atoms with van der Waals surface area (Å²) in [5, 5.41) is 10.9. The number of hydrogen-bond acceptors (Lipinski definition) is 2. The molecule has 0 aromatic carbocycles. The first-order valence-corrected chi connectivity index (χ1v) is 11.2. The third kappa shape index (κ3) is 5.69. The van der Waals surface area contributed by atoms with Gasteiger partial charge in [-0.1, -0.05) is 55.9 Å². The lowest BCUT2D eigenvalue weighted by Crippen LogP contribution is -2.17. The minimum atomic E-state index is -0.318. The zero-order valence-electron chi connectivity index (χ0n) is 16.6. The Morgan fingerprint density at radius 3 is 2.38 bits per heavy atom. The highest BCUT2D eigenvalue weighted by Gasteiger charge is 2.26. The van der Waals surface area contributed by atoms with Crippen LogP contribution in [0.25, 0.3) is 0 Å². The molecule has 0 aromatic rings. The Morgan fingerprint density at radius 1 is 1.04 bits per heavy atom. The van der Waals surface area contributed by atoms with Crippen LogP contribution < -0.4 is 0 Å². The van der Waals surface area contributed by atoms with Crippen LogP contribution in [0, 0.1) is 27.9 Å². The highest BCUT2D eigenvalue weighted by Crippen LogP contribution is 2.41. The predicted octanol–water partition coefficient (Wildman–Crippen LogP) is 6.86. The monoisotopic (exact) mass is 359 g/mol. The van der Waals surface area contributed by atoms with Gasteiger partial charge in [-0.3, -0.25) is 10.1 Å². The van der Waals surface area contributed by atoms with E-state index in [1.54, 1.807) is 11.1 Å². The molecule has 0 spiro atoms. The second-order valence-corrected chi connectivity index (χ2v) is 9.12. The Bertz CT molecular complexity index is 520. The molecule has 3 heteroatoms. The summed E-state index contributed by atoms with van der Waals surface area (Å²) in [7, 11) is 0. The van der Waals surface area contributed by atoms with Crippen molar-refractivity contribution in [2.45, 2.75) is 103 Å². The second kappa shape index (κ2) is 9.71. The fraction of sp³-hybridized carbons (Fsp3) is 0.826. The summed E-state index contributed by atoms with van der Waals surface area (Å²) in [5.41, 5.74) is 3.39. The Kier molecular flexibility index (Phi) is 7.33. The van der Waals surface area contributed by atoms with Crippen molar-refractivity contribution in [1.29, 1.82) is 0 Å². The van der Waals surface area contributed by atoms with E-state index in [2.05, 4.69) is 12.2 Å². The van der Waals surface area contributed by atoms with Crippen molar-refractivity contribution in [1.82, 2.24) is 0 Å². The SMILES string of the molecule is CCC(CCCCC1CCC(C=C2CC(=CC3CCCC3)C2)C1)[N+](=O)[O-]. The standard InChI is InChI=1S/C23H37NO2/c1-2-23(24(25)26)10-6-5-9-19-11-12-20(13-19)15-22-16-21(17-22)14-18-7-3-4-8-18/h14-15,18-20,23H,2-13,16-17H2,1H3. The van der Waals surface area contributed by atoms with Gasteiger partial charge in [0, 0.05) is 17.8 Å². The zero-order valence-corrected chi connectivity index (χ0v) is 16.6. The quantitative estimate of drug-likeness (QED) is 0.195. The number of unbranched alkanes of at least 4 members (excludes halogenated alkanes) is 1. The van der Waals surface area contributed by atoms with Crippen LogP contribution >= 0.6 is 0 Å². The Labute approximate surface area is 159 Å². The molecule has 0 aromatic heterocycles. The highest BCUT2D eigenvalue weighted by atomic mass is 16.6. The molecular weight excluding hydrogens is 322 g/mol. The van der Waals surface area contributed by atoms with Crippen LogP contribution in [0.2, 0.25) is 0 Å². The smallest absolute Gasteiger partial charge is 0.212 e. The number of rotatable bonds is 9. The van der Waals surface area contributed by atoms with Gasteiger partial charge in [0.25, 0.3) is 0 Å². The van der Waals surface area contributed by atoms with Crippen molar-refractivity contribution in [2.24, 2.45) is 17.8 Å². The van der Waals surface area contributed by atoms with E-state index in [-0.39, 0.29) is 11.0 Å². The van der Waals surface area contributed by atoms with E-state index in [0.29, 0.717) is 6.42 Å². The molecule has 3 unspecified atom stereocenters. The molecule has 0 heterocycles. The fourth-order valence-electron chi connectivity index (χ4n) is 5.36. The molecule has 3 nitrogen and oxygen atoms in total. The lowest BCUT2D eigenvalue weighted by Gasteiger charge is -2.24. The van der Waals surface area contributed by atoms with Gasteiger partial charge in [0.15, 0.2) is 0 Å². The molecular formula is C23H37NO2. The molecule has 0 N–H and O–H groups in total. The van der Waals surface area contributed by atoms with Crippen molar-refractivity contribution in [3.05, 3.63) is 33.4 Å². The van der Waals surface area contributed by atoms with Crippen LogP contribution in [-0.2, 0) is 0 Å². The summed E-state index contributed by atoms with van der Waals surface area (Å²) in [4.78, 5) is 10.8. The molecule has 146 valence electrons. The van der Waals surface area contributed by atoms with Crippen LogP contribution in [0.3, 0.4) is 0 Å². The van der Waals surface area contributed by atoms with E-state index in [0.717, 1.165) is 30.6 Å². The van der Waals surface area contributed by atoms with Crippen LogP contribution in [0.5, 0.6) is 0 Å². The maximum Gasteiger partial charge on any atom is 0.212 e. The number of hydrogen-bond donors (Lipinski definition) is 0. The molecule has 0 aliphatic heterocycles. The predicted molar refractivity (Wildman–Crippen MR) is 108 cm³/mol. The Morgan fingerprint density at radius 2 is 1.73 bits per heavy atom. The third-order valence-corrected chi connectivity index (χ3v) is 7.00. The molecule has 3 saturated carbocycles. The van der Waals surface area contributed by atoms with Gasteiger partial charge in [0.05, 0.1) is 0 Å². The average Bonchev–Trinajstić information content (AvgIpc) is 3.24. The Balaban J connectivity index is 1.30. The van der Waals surface area contributed by atoms with Crippen LogP contribution in [-0.4, -0.2) is 11.0 Å². The Hall–Kier alpha value is -1.12. The molecule has 3 aliphatic carbocycles. The lowest BCUT2D eigenvalue weighted by molar-refractivity contribution is -0.523. The van der Waals surface area contributed by atoms with E-state index in [9.17, 15) is 10.1 Å². The molecule has 0 saturated heterocycles. The first-order valence-electron chi connectivity index (χ1n) is 11.2. The number of allylic oxidation sites excluding steroid dienone is 4. The first kappa shape index (κ1) is 19.6. The van der Waals surface area contributed by atoms with Gasteiger partial charge in [-0.15, -0.1) is 0 Å². The number of nitrogens with zero attached hydrogens (tertiary/aromatic N) is 1. The fourth-order valence-corrected chi connectivity index (χ4v) is 5.36. The first-order chi connectivity index (χ1) is 12.6. The van der Waals surface area contributed by atoms with Crippen molar-refractivity contribution in [3.8, 4) is 0 Å². The third-order valence-electron chi connectivity index (χ3n) is 7.00. The topological polar surface area (TPSA) is 43.1 Å². The molecule has 0 radical (unpaired) electrons. The summed E-state index contributed by atoms with van der Waals surface area (Å²) < 4.78 is 0. The van der Waals surface area contributed by atoms with Crippen molar-refractivity contribution in [3.63, 3.8) is 0 Å². The van der Waals surface area contributed by atoms with Gasteiger partial charge in [-0.25, -0.2) is 0 Å². The molecule has 3 rings (SSSR count). The van der Waals surface area contributed by atoms with Crippen LogP contribution in [0.1, 0.15) is 96.8 Å². The minimum absolute atomic E-state index is 0.0914. The van der Waals surface area contributed by atoms with E-state index in [1.165, 1.54) is 70.6 Å². The molecule has 26 heavy (non-hydrogen) atoms. The van der Waals surface area contributed by atoms with E-state index in [1.807, 2.05) is 6.92 Å². The average molecular weight is 360 g/mol. The van der Waals surface area contributed by atoms with E-state index in [4.69, 9.17) is 0 Å². The maximum atomic E-state index is 10.9. The second-order valence-electron chi connectivity index (χ2n) is 9.12. The van der Waals surface area contributed by atoms with Gasteiger partial charge in [-0.05, 0) is 69.1 Å². The van der Waals surface area contributed by atoms with Crippen LogP contribution in [0.15, 0.2) is 23.3 Å². The minimum Gasteiger partial charge on any atom is -0.264 e. The van der Waals surface area contributed by atoms with Crippen molar-refractivity contribution in [2.75, 3.05) is 0 Å². The van der Waals surface area contributed by atoms with Gasteiger partial charge in [-0.2, -0.15) is 0 Å². The lowest BCUT2D eigenvalue weighted by atomic mass is 9.81. The summed E-state index contributed by atoms with van der Waals surface area (Å²) in [6.07, 6.45) is 22.4. The van der Waals surface area contributed by atoms with Gasteiger partial charge in [0.2, 0.25) is 6.04 Å². The largest absolute Gasteiger partial charge is 0.264 e. The van der Waals surface area contributed by atoms with Crippen molar-refractivity contribution >= 4 is 0 Å². The van der Waals surface area contributed by atoms with E-state index < -0.39 is 0 Å². The summed E-state index contributed by atoms with van der Waals surface area (Å²) in [6.45, 7) is 1.93. The zero-order chi connectivity index (χ0) is 18.4. The van der Waals surface area contributed by atoms with Gasteiger partial charge < -0.3 is 0 Å². The van der Waals surface area contributed by atoms with Gasteiger partial charge in [0.1, 0.15) is 0 Å². The van der Waals surface area contributed by atoms with Gasteiger partial charge >= 0.3 is 0 Å². The maximum absolute atomic E-state index is 10.9. The molecule has 0 amide bonds. The molecule has 3 aliphatic rings. The van der Waals surface area contributed by atoms with Crippen LogP contribution in [0.4, 0.5) is 0 Å². The van der Waals surface area contributed by atoms with E-state index >= 15 is 0 Å². The summed E-state index contributed by atoms with van der Waals surface area (Å²) >= 11 is 0. The van der Waals surface area contributed by atoms with Crippen molar-refractivity contribution < 1.29 is 4.92 Å². The number of nitro groups is 1. The molecule has 3 fully saturated rings. The normalized spacial score (nSPS) is 27.4. The summed E-state index contributed by atoms with van der Waals surface area (Å²) in [6, 6.07) is -0.318. The molecule has 3 atom stereocenters. The summed E-state index contributed by atoms with van der Waals surface area (Å²) in [5.74, 6) is 2.57.